The maximum absolute atomic E-state index is 13.0. The SMILES string of the molecule is CC(C)(C)c1cc2[nH]c(=O)n(C(O)c3ccc4ccccc4c3)c(=O)c2s1. The predicted molar refractivity (Wildman–Crippen MR) is 110 cm³/mol. The van der Waals surface area contributed by atoms with Crippen LogP contribution in [0.25, 0.3) is 21.0 Å². The maximum Gasteiger partial charge on any atom is 0.331 e. The third-order valence-electron chi connectivity index (χ3n) is 4.66. The Balaban J connectivity index is 1.89. The average Bonchev–Trinajstić information content (AvgIpc) is 3.06. The number of hydrogen-bond acceptors (Lipinski definition) is 4. The zero-order valence-corrected chi connectivity index (χ0v) is 16.1. The Kier molecular flexibility index (Phi) is 4.05. The van der Waals surface area contributed by atoms with E-state index in [2.05, 4.69) is 25.8 Å². The fourth-order valence-electron chi connectivity index (χ4n) is 3.13. The number of thiophene rings is 1. The summed E-state index contributed by atoms with van der Waals surface area (Å²) in [6.45, 7) is 6.16. The number of nitrogens with one attached hydrogen (secondary N) is 1. The number of fused-ring (bicyclic) bond motifs is 2. The second-order valence-corrected chi connectivity index (χ2v) is 8.74. The van der Waals surface area contributed by atoms with Crippen molar-refractivity contribution >= 4 is 32.3 Å². The summed E-state index contributed by atoms with van der Waals surface area (Å²) in [6.07, 6.45) is -1.35. The van der Waals surface area contributed by atoms with Crippen molar-refractivity contribution in [2.45, 2.75) is 32.4 Å². The van der Waals surface area contributed by atoms with E-state index in [0.29, 0.717) is 15.8 Å². The number of aliphatic hydroxyl groups is 1. The van der Waals surface area contributed by atoms with Crippen molar-refractivity contribution in [3.05, 3.63) is 79.8 Å². The lowest BCUT2D eigenvalue weighted by atomic mass is 9.95. The second-order valence-electron chi connectivity index (χ2n) is 7.69. The molecule has 5 nitrogen and oxygen atoms in total. The molecule has 1 atom stereocenters. The van der Waals surface area contributed by atoms with Crippen molar-refractivity contribution in [3.63, 3.8) is 0 Å². The van der Waals surface area contributed by atoms with Crippen LogP contribution < -0.4 is 11.2 Å². The van der Waals surface area contributed by atoms with Crippen LogP contribution in [0.2, 0.25) is 0 Å². The maximum atomic E-state index is 13.0. The lowest BCUT2D eigenvalue weighted by Gasteiger charge is -2.14. The molecule has 0 amide bonds. The molecule has 0 fully saturated rings. The van der Waals surface area contributed by atoms with Gasteiger partial charge in [-0.05, 0) is 28.3 Å². The molecular formula is C21H20N2O3S. The largest absolute Gasteiger partial charge is 0.369 e. The summed E-state index contributed by atoms with van der Waals surface area (Å²) in [5, 5.41) is 12.7. The minimum atomic E-state index is -1.35. The monoisotopic (exact) mass is 380 g/mol. The molecule has 0 spiro atoms. The number of aliphatic hydroxyl groups excluding tert-OH is 1. The normalized spacial score (nSPS) is 13.3. The molecule has 0 bridgehead atoms. The molecule has 0 aliphatic heterocycles. The van der Waals surface area contributed by atoms with Crippen molar-refractivity contribution in [2.24, 2.45) is 0 Å². The number of H-pyrrole nitrogens is 1. The summed E-state index contributed by atoms with van der Waals surface area (Å²) in [4.78, 5) is 29.2. The number of benzene rings is 2. The number of hydrogen-bond donors (Lipinski definition) is 2. The molecule has 6 heteroatoms. The van der Waals surface area contributed by atoms with E-state index in [4.69, 9.17) is 0 Å². The summed E-state index contributed by atoms with van der Waals surface area (Å²) in [5.41, 5.74) is -0.217. The first-order valence-electron chi connectivity index (χ1n) is 8.71. The fraction of sp³-hybridized carbons (Fsp3) is 0.238. The highest BCUT2D eigenvalue weighted by Crippen LogP contribution is 2.31. The average molecular weight is 380 g/mol. The van der Waals surface area contributed by atoms with Crippen molar-refractivity contribution < 1.29 is 5.11 Å². The van der Waals surface area contributed by atoms with Gasteiger partial charge in [-0.2, -0.15) is 0 Å². The molecule has 0 saturated carbocycles. The summed E-state index contributed by atoms with van der Waals surface area (Å²) >= 11 is 1.35. The van der Waals surface area contributed by atoms with E-state index >= 15 is 0 Å². The van der Waals surface area contributed by atoms with Gasteiger partial charge in [0.15, 0.2) is 6.23 Å². The topological polar surface area (TPSA) is 75.1 Å². The van der Waals surface area contributed by atoms with Gasteiger partial charge in [-0.1, -0.05) is 57.2 Å². The van der Waals surface area contributed by atoms with E-state index in [1.807, 2.05) is 36.4 Å². The zero-order chi connectivity index (χ0) is 19.3. The van der Waals surface area contributed by atoms with Crippen LogP contribution in [-0.2, 0) is 5.41 Å². The highest BCUT2D eigenvalue weighted by Gasteiger charge is 2.22. The number of aromatic nitrogens is 2. The van der Waals surface area contributed by atoms with Crippen molar-refractivity contribution in [2.75, 3.05) is 0 Å². The lowest BCUT2D eigenvalue weighted by molar-refractivity contribution is 0.138. The number of rotatable bonds is 2. The highest BCUT2D eigenvalue weighted by molar-refractivity contribution is 7.19. The van der Waals surface area contributed by atoms with Gasteiger partial charge in [0.1, 0.15) is 4.70 Å². The van der Waals surface area contributed by atoms with Gasteiger partial charge in [0.05, 0.1) is 5.52 Å². The third-order valence-corrected chi connectivity index (χ3v) is 6.21. The van der Waals surface area contributed by atoms with Crippen LogP contribution in [0.4, 0.5) is 0 Å². The number of aromatic amines is 1. The molecule has 2 N–H and O–H groups in total. The molecule has 4 rings (SSSR count). The molecule has 1 unspecified atom stereocenters. The highest BCUT2D eigenvalue weighted by atomic mass is 32.1. The van der Waals surface area contributed by atoms with E-state index in [9.17, 15) is 14.7 Å². The molecule has 0 aliphatic carbocycles. The molecular weight excluding hydrogens is 360 g/mol. The van der Waals surface area contributed by atoms with Crippen LogP contribution in [0.3, 0.4) is 0 Å². The van der Waals surface area contributed by atoms with Crippen LogP contribution in [0.15, 0.2) is 58.1 Å². The lowest BCUT2D eigenvalue weighted by Crippen LogP contribution is -2.38. The molecule has 2 aromatic heterocycles. The zero-order valence-electron chi connectivity index (χ0n) is 15.3. The molecule has 0 saturated heterocycles. The van der Waals surface area contributed by atoms with Crippen LogP contribution in [0.5, 0.6) is 0 Å². The Morgan fingerprint density at radius 3 is 2.44 bits per heavy atom. The first-order valence-corrected chi connectivity index (χ1v) is 9.53. The second kappa shape index (κ2) is 6.18. The molecule has 2 heterocycles. The molecule has 138 valence electrons. The molecule has 0 radical (unpaired) electrons. The van der Waals surface area contributed by atoms with Crippen LogP contribution in [0, 0.1) is 0 Å². The van der Waals surface area contributed by atoms with E-state index in [-0.39, 0.29) is 5.41 Å². The van der Waals surface area contributed by atoms with Gasteiger partial charge in [-0.25, -0.2) is 9.36 Å². The molecule has 0 aliphatic rings. The van der Waals surface area contributed by atoms with Gasteiger partial charge < -0.3 is 10.1 Å². The standard InChI is InChI=1S/C21H20N2O3S/c1-21(2,3)16-11-15-17(27-16)19(25)23(20(26)22-15)18(24)14-9-8-12-6-4-5-7-13(12)10-14/h4-11,18,24H,1-3H3,(H,22,26). The first kappa shape index (κ1) is 17.7. The number of nitrogens with zero attached hydrogens (tertiary/aromatic N) is 1. The van der Waals surface area contributed by atoms with Crippen molar-refractivity contribution in [1.29, 1.82) is 0 Å². The van der Waals surface area contributed by atoms with E-state index in [0.717, 1.165) is 20.2 Å². The van der Waals surface area contributed by atoms with Crippen LogP contribution in [0.1, 0.15) is 37.4 Å². The van der Waals surface area contributed by atoms with Crippen LogP contribution >= 0.6 is 11.3 Å². The fourth-order valence-corrected chi connectivity index (χ4v) is 4.24. The predicted octanol–water partition coefficient (Wildman–Crippen LogP) is 3.74. The van der Waals surface area contributed by atoms with Crippen LogP contribution in [-0.4, -0.2) is 14.7 Å². The Morgan fingerprint density at radius 2 is 1.74 bits per heavy atom. The summed E-state index contributed by atoms with van der Waals surface area (Å²) in [7, 11) is 0. The summed E-state index contributed by atoms with van der Waals surface area (Å²) < 4.78 is 1.33. The van der Waals surface area contributed by atoms with Gasteiger partial charge >= 0.3 is 5.69 Å². The van der Waals surface area contributed by atoms with Crippen molar-refractivity contribution in [3.8, 4) is 0 Å². The third kappa shape index (κ3) is 3.01. The minimum absolute atomic E-state index is 0.130. The Bertz CT molecular complexity index is 1270. The van der Waals surface area contributed by atoms with Crippen molar-refractivity contribution in [1.82, 2.24) is 9.55 Å². The minimum Gasteiger partial charge on any atom is -0.369 e. The van der Waals surface area contributed by atoms with E-state index in [1.54, 1.807) is 12.1 Å². The molecule has 27 heavy (non-hydrogen) atoms. The molecule has 2 aromatic carbocycles. The smallest absolute Gasteiger partial charge is 0.331 e. The summed E-state index contributed by atoms with van der Waals surface area (Å²) in [5.74, 6) is 0. The van der Waals surface area contributed by atoms with Gasteiger partial charge in [0.25, 0.3) is 5.56 Å². The van der Waals surface area contributed by atoms with Gasteiger partial charge in [0, 0.05) is 10.4 Å². The Hall–Kier alpha value is -2.70. The van der Waals surface area contributed by atoms with Gasteiger partial charge in [0.2, 0.25) is 0 Å². The Labute approximate surface area is 159 Å². The van der Waals surface area contributed by atoms with Gasteiger partial charge in [-0.15, -0.1) is 11.3 Å². The molecule has 4 aromatic rings. The quantitative estimate of drug-likeness (QED) is 0.556. The Morgan fingerprint density at radius 1 is 1.04 bits per heavy atom. The summed E-state index contributed by atoms with van der Waals surface area (Å²) in [6, 6.07) is 15.0. The van der Waals surface area contributed by atoms with E-state index in [1.165, 1.54) is 11.3 Å². The first-order chi connectivity index (χ1) is 12.8. The van der Waals surface area contributed by atoms with E-state index < -0.39 is 17.5 Å². The van der Waals surface area contributed by atoms with Gasteiger partial charge in [-0.3, -0.25) is 4.79 Å².